The zero-order chi connectivity index (χ0) is 22.1. The first-order valence-electron chi connectivity index (χ1n) is 9.33. The SMILES string of the molecule is O=C(CNC(=O)c1cccc(Br)c1)N/N=C\c1ccccc1OCc1ccc(Br)cc1. The van der Waals surface area contributed by atoms with Crippen LogP contribution in [-0.4, -0.2) is 24.6 Å². The van der Waals surface area contributed by atoms with E-state index in [1.807, 2.05) is 54.6 Å². The Hall–Kier alpha value is -2.97. The first kappa shape index (κ1) is 22.7. The van der Waals surface area contributed by atoms with Crippen LogP contribution in [0, 0.1) is 0 Å². The van der Waals surface area contributed by atoms with Gasteiger partial charge in [0.15, 0.2) is 0 Å². The molecule has 6 nitrogen and oxygen atoms in total. The number of rotatable bonds is 8. The third-order valence-corrected chi connectivity index (χ3v) is 5.14. The molecule has 3 rings (SSSR count). The Bertz CT molecular complexity index is 1090. The highest BCUT2D eigenvalue weighted by Crippen LogP contribution is 2.18. The summed E-state index contributed by atoms with van der Waals surface area (Å²) in [6, 6.07) is 22.2. The minimum Gasteiger partial charge on any atom is -0.488 e. The number of nitrogens with zero attached hydrogens (tertiary/aromatic N) is 1. The van der Waals surface area contributed by atoms with Crippen LogP contribution in [0.3, 0.4) is 0 Å². The molecule has 0 aliphatic carbocycles. The molecule has 158 valence electrons. The van der Waals surface area contributed by atoms with E-state index in [1.54, 1.807) is 18.2 Å². The fraction of sp³-hybridized carbons (Fsp3) is 0.0870. The summed E-state index contributed by atoms with van der Waals surface area (Å²) in [7, 11) is 0. The quantitative estimate of drug-likeness (QED) is 0.319. The Kier molecular flexibility index (Phi) is 8.37. The van der Waals surface area contributed by atoms with Gasteiger partial charge in [0.05, 0.1) is 12.8 Å². The van der Waals surface area contributed by atoms with Crippen molar-refractivity contribution in [2.45, 2.75) is 6.61 Å². The van der Waals surface area contributed by atoms with Gasteiger partial charge in [0.25, 0.3) is 11.8 Å². The average Bonchev–Trinajstić information content (AvgIpc) is 2.78. The lowest BCUT2D eigenvalue weighted by atomic mass is 10.2. The van der Waals surface area contributed by atoms with Gasteiger partial charge in [-0.25, -0.2) is 5.43 Å². The van der Waals surface area contributed by atoms with Crippen LogP contribution in [-0.2, 0) is 11.4 Å². The smallest absolute Gasteiger partial charge is 0.259 e. The minimum atomic E-state index is -0.437. The molecule has 0 radical (unpaired) electrons. The van der Waals surface area contributed by atoms with E-state index in [9.17, 15) is 9.59 Å². The number of carbonyl (C=O) groups is 2. The van der Waals surface area contributed by atoms with Crippen LogP contribution in [0.1, 0.15) is 21.5 Å². The molecule has 8 heteroatoms. The van der Waals surface area contributed by atoms with Crippen LogP contribution >= 0.6 is 31.9 Å². The number of hydrazone groups is 1. The summed E-state index contributed by atoms with van der Waals surface area (Å²) < 4.78 is 7.67. The lowest BCUT2D eigenvalue weighted by molar-refractivity contribution is -0.120. The van der Waals surface area contributed by atoms with Crippen molar-refractivity contribution in [1.82, 2.24) is 10.7 Å². The number of carbonyl (C=O) groups excluding carboxylic acids is 2. The summed E-state index contributed by atoms with van der Waals surface area (Å²) in [4.78, 5) is 24.1. The van der Waals surface area contributed by atoms with Gasteiger partial charge in [0.1, 0.15) is 12.4 Å². The first-order valence-corrected chi connectivity index (χ1v) is 10.9. The van der Waals surface area contributed by atoms with Crippen LogP contribution in [0.5, 0.6) is 5.75 Å². The molecule has 2 N–H and O–H groups in total. The normalized spacial score (nSPS) is 10.6. The second kappa shape index (κ2) is 11.4. The highest BCUT2D eigenvalue weighted by Gasteiger charge is 2.08. The van der Waals surface area contributed by atoms with E-state index >= 15 is 0 Å². The molecule has 0 aliphatic heterocycles. The fourth-order valence-electron chi connectivity index (χ4n) is 2.57. The van der Waals surface area contributed by atoms with Crippen molar-refractivity contribution in [2.24, 2.45) is 5.10 Å². The molecule has 0 saturated heterocycles. The van der Waals surface area contributed by atoms with Crippen molar-refractivity contribution in [2.75, 3.05) is 6.54 Å². The number of amides is 2. The molecule has 0 spiro atoms. The summed E-state index contributed by atoms with van der Waals surface area (Å²) in [6.07, 6.45) is 1.50. The molecule has 0 fully saturated rings. The van der Waals surface area contributed by atoms with Gasteiger partial charge < -0.3 is 10.1 Å². The highest BCUT2D eigenvalue weighted by atomic mass is 79.9. The molecule has 31 heavy (non-hydrogen) atoms. The highest BCUT2D eigenvalue weighted by molar-refractivity contribution is 9.10. The maximum atomic E-state index is 12.1. The molecule has 2 amide bonds. The van der Waals surface area contributed by atoms with E-state index in [4.69, 9.17) is 4.74 Å². The maximum Gasteiger partial charge on any atom is 0.259 e. The Morgan fingerprint density at radius 3 is 2.48 bits per heavy atom. The molecule has 0 unspecified atom stereocenters. The van der Waals surface area contributed by atoms with Gasteiger partial charge in [-0.3, -0.25) is 9.59 Å². The van der Waals surface area contributed by atoms with Crippen LogP contribution < -0.4 is 15.5 Å². The van der Waals surface area contributed by atoms with E-state index in [0.717, 1.165) is 20.1 Å². The van der Waals surface area contributed by atoms with Gasteiger partial charge in [-0.05, 0) is 48.0 Å². The number of hydrogen-bond acceptors (Lipinski definition) is 4. The molecule has 0 aliphatic rings. The van der Waals surface area contributed by atoms with E-state index in [0.29, 0.717) is 17.9 Å². The van der Waals surface area contributed by atoms with Crippen molar-refractivity contribution in [1.29, 1.82) is 0 Å². The van der Waals surface area contributed by atoms with Crippen molar-refractivity contribution in [3.8, 4) is 5.75 Å². The largest absolute Gasteiger partial charge is 0.488 e. The molecular formula is C23H19Br2N3O3. The van der Waals surface area contributed by atoms with E-state index in [1.165, 1.54) is 6.21 Å². The van der Waals surface area contributed by atoms with Gasteiger partial charge in [0.2, 0.25) is 0 Å². The third-order valence-electron chi connectivity index (χ3n) is 4.12. The number of hydrogen-bond donors (Lipinski definition) is 2. The monoisotopic (exact) mass is 543 g/mol. The predicted octanol–water partition coefficient (Wildman–Crippen LogP) is 4.67. The maximum absolute atomic E-state index is 12.1. The van der Waals surface area contributed by atoms with E-state index < -0.39 is 5.91 Å². The van der Waals surface area contributed by atoms with Crippen LogP contribution in [0.25, 0.3) is 0 Å². The standard InChI is InChI=1S/C23H19Br2N3O3/c24-19-10-8-16(9-11-19)15-31-21-7-2-1-4-18(21)13-27-28-22(29)14-26-23(30)17-5-3-6-20(25)12-17/h1-13H,14-15H2,(H,26,30)(H,28,29)/b27-13-. The van der Waals surface area contributed by atoms with E-state index in [-0.39, 0.29) is 12.5 Å². The lowest BCUT2D eigenvalue weighted by Gasteiger charge is -2.09. The Labute approximate surface area is 197 Å². The molecule has 3 aromatic carbocycles. The zero-order valence-electron chi connectivity index (χ0n) is 16.3. The lowest BCUT2D eigenvalue weighted by Crippen LogP contribution is -2.34. The van der Waals surface area contributed by atoms with Gasteiger partial charge in [0, 0.05) is 20.1 Å². The Balaban J connectivity index is 1.50. The third kappa shape index (κ3) is 7.34. The van der Waals surface area contributed by atoms with Crippen molar-refractivity contribution >= 4 is 49.9 Å². The minimum absolute atomic E-state index is 0.190. The predicted molar refractivity (Wildman–Crippen MR) is 127 cm³/mol. The van der Waals surface area contributed by atoms with Crippen LogP contribution in [0.2, 0.25) is 0 Å². The number of para-hydroxylation sites is 1. The number of ether oxygens (including phenoxy) is 1. The van der Waals surface area contributed by atoms with E-state index in [2.05, 4.69) is 47.7 Å². The summed E-state index contributed by atoms with van der Waals surface area (Å²) in [5.41, 5.74) is 4.62. The molecule has 3 aromatic rings. The fourth-order valence-corrected chi connectivity index (χ4v) is 3.23. The molecule has 0 bridgehead atoms. The second-order valence-corrected chi connectivity index (χ2v) is 8.27. The molecule has 0 atom stereocenters. The van der Waals surface area contributed by atoms with Gasteiger partial charge in [-0.15, -0.1) is 0 Å². The van der Waals surface area contributed by atoms with Gasteiger partial charge in [-0.2, -0.15) is 5.10 Å². The number of benzene rings is 3. The summed E-state index contributed by atoms with van der Waals surface area (Å²) >= 11 is 6.72. The molecule has 0 saturated carbocycles. The van der Waals surface area contributed by atoms with Crippen LogP contribution in [0.15, 0.2) is 86.8 Å². The Morgan fingerprint density at radius 2 is 1.71 bits per heavy atom. The second-order valence-electron chi connectivity index (χ2n) is 6.44. The topological polar surface area (TPSA) is 79.8 Å². The molecule has 0 aromatic heterocycles. The van der Waals surface area contributed by atoms with Crippen molar-refractivity contribution in [3.63, 3.8) is 0 Å². The van der Waals surface area contributed by atoms with Crippen molar-refractivity contribution in [3.05, 3.63) is 98.4 Å². The summed E-state index contributed by atoms with van der Waals surface area (Å²) in [5.74, 6) is -0.133. The van der Waals surface area contributed by atoms with Gasteiger partial charge >= 0.3 is 0 Å². The average molecular weight is 545 g/mol. The Morgan fingerprint density at radius 1 is 0.935 bits per heavy atom. The van der Waals surface area contributed by atoms with Crippen molar-refractivity contribution < 1.29 is 14.3 Å². The first-order chi connectivity index (χ1) is 15.0. The van der Waals surface area contributed by atoms with Crippen LogP contribution in [0.4, 0.5) is 0 Å². The summed E-state index contributed by atoms with van der Waals surface area (Å²) in [6.45, 7) is 0.219. The van der Waals surface area contributed by atoms with Gasteiger partial charge in [-0.1, -0.05) is 62.2 Å². The zero-order valence-corrected chi connectivity index (χ0v) is 19.5. The number of halogens is 2. The number of nitrogens with one attached hydrogen (secondary N) is 2. The molecular weight excluding hydrogens is 526 g/mol. The molecule has 0 heterocycles. The summed E-state index contributed by atoms with van der Waals surface area (Å²) in [5, 5.41) is 6.52.